The zero-order valence-corrected chi connectivity index (χ0v) is 17.3. The number of alkyl halides is 3. The molecule has 0 saturated heterocycles. The minimum Gasteiger partial charge on any atom is -0.462 e. The first-order valence-electron chi connectivity index (χ1n) is 8.49. The Kier molecular flexibility index (Phi) is 6.66. The number of benzene rings is 1. The summed E-state index contributed by atoms with van der Waals surface area (Å²) in [5.41, 5.74) is 6.82. The Balaban J connectivity index is 1.82. The van der Waals surface area contributed by atoms with E-state index in [1.165, 1.54) is 16.8 Å². The van der Waals surface area contributed by atoms with Crippen molar-refractivity contribution in [3.63, 3.8) is 0 Å². The van der Waals surface area contributed by atoms with Crippen molar-refractivity contribution in [3.05, 3.63) is 40.3 Å². The van der Waals surface area contributed by atoms with Crippen LogP contribution in [0.2, 0.25) is 0 Å². The average Bonchev–Trinajstić information content (AvgIpc) is 3.29. The van der Waals surface area contributed by atoms with Gasteiger partial charge in [0, 0.05) is 11.3 Å². The predicted octanol–water partition coefficient (Wildman–Crippen LogP) is 3.55. The van der Waals surface area contributed by atoms with E-state index in [0.717, 1.165) is 35.2 Å². The number of nitrogens with zero attached hydrogens (tertiary/aromatic N) is 5. The van der Waals surface area contributed by atoms with Gasteiger partial charge in [-0.2, -0.15) is 9.94 Å². The van der Waals surface area contributed by atoms with Crippen LogP contribution < -0.4 is 10.5 Å². The van der Waals surface area contributed by atoms with Gasteiger partial charge < -0.3 is 15.2 Å². The molecule has 2 heterocycles. The van der Waals surface area contributed by atoms with Crippen LogP contribution in [0.1, 0.15) is 27.7 Å². The number of nitriles is 1. The van der Waals surface area contributed by atoms with Gasteiger partial charge in [0.1, 0.15) is 21.7 Å². The van der Waals surface area contributed by atoms with Crippen molar-refractivity contribution in [2.75, 3.05) is 12.3 Å². The lowest BCUT2D eigenvalue weighted by molar-refractivity contribution is -0.274. The highest BCUT2D eigenvalue weighted by atomic mass is 32.2. The highest BCUT2D eigenvalue weighted by Gasteiger charge is 2.31. The summed E-state index contributed by atoms with van der Waals surface area (Å²) in [7, 11) is 0. The van der Waals surface area contributed by atoms with Crippen LogP contribution in [0.5, 0.6) is 5.75 Å². The molecule has 9 nitrogen and oxygen atoms in total. The van der Waals surface area contributed by atoms with Gasteiger partial charge in [0.2, 0.25) is 5.16 Å². The van der Waals surface area contributed by atoms with Crippen molar-refractivity contribution >= 4 is 34.1 Å². The first kappa shape index (κ1) is 22.4. The molecular weight excluding hydrogens is 457 g/mol. The number of nitrogens with two attached hydrogens (primary N) is 1. The number of ether oxygens (including phenoxy) is 2. The lowest BCUT2D eigenvalue weighted by Crippen LogP contribution is -2.17. The first-order chi connectivity index (χ1) is 14.7. The molecule has 3 rings (SSSR count). The second-order valence-electron chi connectivity index (χ2n) is 5.68. The van der Waals surface area contributed by atoms with E-state index in [0.29, 0.717) is 11.3 Å². The Morgan fingerprint density at radius 1 is 1.35 bits per heavy atom. The van der Waals surface area contributed by atoms with Crippen LogP contribution in [0.4, 0.5) is 18.2 Å². The number of carbonyl (C=O) groups is 1. The van der Waals surface area contributed by atoms with Crippen LogP contribution in [0.15, 0.2) is 29.4 Å². The van der Waals surface area contributed by atoms with Crippen molar-refractivity contribution in [3.8, 4) is 17.5 Å². The smallest absolute Gasteiger partial charge is 0.462 e. The van der Waals surface area contributed by atoms with Crippen LogP contribution in [0.3, 0.4) is 0 Å². The van der Waals surface area contributed by atoms with Gasteiger partial charge in [-0.3, -0.25) is 0 Å². The number of rotatable bonds is 7. The molecule has 3 aromatic rings. The maximum atomic E-state index is 12.3. The fourth-order valence-corrected chi connectivity index (χ4v) is 4.41. The lowest BCUT2D eigenvalue weighted by atomic mass is 10.2. The van der Waals surface area contributed by atoms with E-state index < -0.39 is 12.3 Å². The fraction of sp³-hybridized carbons (Fsp3) is 0.235. The number of thioether (sulfide) groups is 1. The van der Waals surface area contributed by atoms with Crippen LogP contribution in [0.25, 0.3) is 5.69 Å². The average molecular weight is 470 g/mol. The largest absolute Gasteiger partial charge is 0.573 e. The topological polar surface area (TPSA) is 129 Å². The van der Waals surface area contributed by atoms with Crippen molar-refractivity contribution in [1.29, 1.82) is 5.26 Å². The van der Waals surface area contributed by atoms with Crippen LogP contribution in [-0.2, 0) is 10.5 Å². The summed E-state index contributed by atoms with van der Waals surface area (Å²) in [6.07, 6.45) is -4.80. The molecule has 2 aromatic heterocycles. The molecule has 0 amide bonds. The predicted molar refractivity (Wildman–Crippen MR) is 105 cm³/mol. The molecule has 31 heavy (non-hydrogen) atoms. The molecule has 0 aliphatic heterocycles. The zero-order chi connectivity index (χ0) is 22.6. The molecule has 1 aromatic carbocycles. The van der Waals surface area contributed by atoms with E-state index in [4.69, 9.17) is 10.5 Å². The van der Waals surface area contributed by atoms with Crippen LogP contribution in [-0.4, -0.2) is 39.1 Å². The minimum absolute atomic E-state index is 0.139. The van der Waals surface area contributed by atoms with Crippen LogP contribution in [0, 0.1) is 11.3 Å². The van der Waals surface area contributed by atoms with Gasteiger partial charge in [-0.05, 0) is 41.6 Å². The number of nitrogen functional groups attached to an aromatic ring is 1. The maximum absolute atomic E-state index is 12.3. The van der Waals surface area contributed by atoms with Gasteiger partial charge in [0.05, 0.1) is 17.9 Å². The van der Waals surface area contributed by atoms with Gasteiger partial charge >= 0.3 is 12.3 Å². The Hall–Kier alpha value is -3.31. The highest BCUT2D eigenvalue weighted by molar-refractivity contribution is 7.98. The Morgan fingerprint density at radius 3 is 2.68 bits per heavy atom. The van der Waals surface area contributed by atoms with Gasteiger partial charge in [-0.15, -0.1) is 29.6 Å². The maximum Gasteiger partial charge on any atom is 0.573 e. The summed E-state index contributed by atoms with van der Waals surface area (Å²) in [6, 6.07) is 6.95. The number of thiophene rings is 1. The van der Waals surface area contributed by atoms with Crippen molar-refractivity contribution in [2.24, 2.45) is 0 Å². The number of tetrazole rings is 1. The lowest BCUT2D eigenvalue weighted by Gasteiger charge is -2.09. The molecule has 0 spiro atoms. The standard InChI is InChI=1S/C17H13F3N6O3S2/c1-2-28-15(27)13-12(11(7-21)14(22)31-13)8-30-16-23-24-25-26(16)9-3-5-10(6-4-9)29-17(18,19)20/h3-6H,2,8,22H2,1H3. The molecule has 162 valence electrons. The number of hydrogen-bond donors (Lipinski definition) is 1. The molecule has 0 fully saturated rings. The Labute approximate surface area is 181 Å². The van der Waals surface area contributed by atoms with Gasteiger partial charge in [-0.25, -0.2) is 4.79 Å². The molecule has 0 bridgehead atoms. The Morgan fingerprint density at radius 2 is 2.06 bits per heavy atom. The van der Waals surface area contributed by atoms with E-state index >= 15 is 0 Å². The summed E-state index contributed by atoms with van der Waals surface area (Å²) in [5, 5.41) is 21.2. The van der Waals surface area contributed by atoms with Gasteiger partial charge in [-0.1, -0.05) is 11.8 Å². The van der Waals surface area contributed by atoms with E-state index in [1.807, 2.05) is 6.07 Å². The van der Waals surface area contributed by atoms with Crippen molar-refractivity contribution in [2.45, 2.75) is 24.2 Å². The third kappa shape index (κ3) is 5.25. The summed E-state index contributed by atoms with van der Waals surface area (Å²) in [5.74, 6) is -0.832. The van der Waals surface area contributed by atoms with E-state index in [2.05, 4.69) is 20.3 Å². The fourth-order valence-electron chi connectivity index (χ4n) is 2.46. The SMILES string of the molecule is CCOC(=O)c1sc(N)c(C#N)c1CSc1nnnn1-c1ccc(OC(F)(F)F)cc1. The molecule has 0 unspecified atom stereocenters. The van der Waals surface area contributed by atoms with Crippen LogP contribution >= 0.6 is 23.1 Å². The highest BCUT2D eigenvalue weighted by Crippen LogP contribution is 2.35. The molecule has 0 radical (unpaired) electrons. The number of anilines is 1. The number of halogens is 3. The molecule has 0 atom stereocenters. The summed E-state index contributed by atoms with van der Waals surface area (Å²) >= 11 is 2.08. The molecule has 0 aliphatic rings. The van der Waals surface area contributed by atoms with Gasteiger partial charge in [0.25, 0.3) is 0 Å². The van der Waals surface area contributed by atoms with Crippen molar-refractivity contribution < 1.29 is 27.4 Å². The normalized spacial score (nSPS) is 11.2. The van der Waals surface area contributed by atoms with E-state index in [1.54, 1.807) is 6.92 Å². The second kappa shape index (κ2) is 9.23. The molecular formula is C17H13F3N6O3S2. The monoisotopic (exact) mass is 470 g/mol. The van der Waals surface area contributed by atoms with Gasteiger partial charge in [0.15, 0.2) is 0 Å². The van der Waals surface area contributed by atoms with Crippen molar-refractivity contribution in [1.82, 2.24) is 20.2 Å². The third-order valence-electron chi connectivity index (χ3n) is 3.71. The number of esters is 1. The molecule has 2 N–H and O–H groups in total. The van der Waals surface area contributed by atoms with E-state index in [-0.39, 0.29) is 38.7 Å². The summed E-state index contributed by atoms with van der Waals surface area (Å²) < 4.78 is 47.1. The van der Waals surface area contributed by atoms with E-state index in [9.17, 15) is 23.2 Å². The quantitative estimate of drug-likeness (QED) is 0.407. The second-order valence-corrected chi connectivity index (χ2v) is 7.68. The third-order valence-corrected chi connectivity index (χ3v) is 5.70. The first-order valence-corrected chi connectivity index (χ1v) is 10.3. The molecule has 0 saturated carbocycles. The number of hydrogen-bond acceptors (Lipinski definition) is 10. The number of carbonyl (C=O) groups excluding carboxylic acids is 1. The molecule has 14 heteroatoms. The Bertz CT molecular complexity index is 1120. The number of aromatic nitrogens is 4. The minimum atomic E-state index is -4.80. The zero-order valence-electron chi connectivity index (χ0n) is 15.7. The summed E-state index contributed by atoms with van der Waals surface area (Å²) in [4.78, 5) is 12.4. The summed E-state index contributed by atoms with van der Waals surface area (Å²) in [6.45, 7) is 1.82. The molecule has 0 aliphatic carbocycles.